The third-order valence-electron chi connectivity index (χ3n) is 3.37. The van der Waals surface area contributed by atoms with Gasteiger partial charge in [-0.05, 0) is 38.3 Å². The highest BCUT2D eigenvalue weighted by atomic mass is 15.2. The minimum atomic E-state index is 0.545. The molecule has 2 rings (SSSR count). The van der Waals surface area contributed by atoms with E-state index in [1.807, 2.05) is 0 Å². The van der Waals surface area contributed by atoms with Crippen LogP contribution in [-0.2, 0) is 0 Å². The van der Waals surface area contributed by atoms with Crippen LogP contribution in [0.15, 0.2) is 24.3 Å². The van der Waals surface area contributed by atoms with Gasteiger partial charge in [0, 0.05) is 19.1 Å². The third kappa shape index (κ3) is 2.49. The minimum Gasteiger partial charge on any atom is -0.381 e. The highest BCUT2D eigenvalue weighted by molar-refractivity contribution is 5.70. The van der Waals surface area contributed by atoms with Gasteiger partial charge in [0.2, 0.25) is 0 Å². The smallest absolute Gasteiger partial charge is 0.0602 e. The largest absolute Gasteiger partial charge is 0.381 e. The maximum Gasteiger partial charge on any atom is 0.0602 e. The molecule has 1 saturated heterocycles. The van der Waals surface area contributed by atoms with Gasteiger partial charge in [-0.2, -0.15) is 0 Å². The van der Waals surface area contributed by atoms with Crippen molar-refractivity contribution >= 4 is 11.4 Å². The lowest BCUT2D eigenvalue weighted by molar-refractivity contribution is 0.763. The molecule has 1 N–H and O–H groups in total. The number of nitrogens with zero attached hydrogens (tertiary/aromatic N) is 1. The van der Waals surface area contributed by atoms with Gasteiger partial charge >= 0.3 is 0 Å². The van der Waals surface area contributed by atoms with Crippen molar-refractivity contribution in [1.82, 2.24) is 0 Å². The maximum atomic E-state index is 3.60. The molecule has 1 aromatic carbocycles. The summed E-state index contributed by atoms with van der Waals surface area (Å²) in [6, 6.07) is 9.22. The zero-order valence-electron chi connectivity index (χ0n) is 10.4. The molecule has 0 saturated carbocycles. The zero-order chi connectivity index (χ0) is 11.4. The van der Waals surface area contributed by atoms with Gasteiger partial charge in [-0.3, -0.25) is 0 Å². The van der Waals surface area contributed by atoms with Crippen molar-refractivity contribution in [2.45, 2.75) is 39.2 Å². The fourth-order valence-corrected chi connectivity index (χ4v) is 2.20. The molecule has 1 unspecified atom stereocenters. The number of rotatable bonds is 4. The van der Waals surface area contributed by atoms with E-state index in [1.54, 1.807) is 0 Å². The molecule has 1 aliphatic heterocycles. The topological polar surface area (TPSA) is 15.3 Å². The molecule has 1 aromatic rings. The van der Waals surface area contributed by atoms with Gasteiger partial charge < -0.3 is 10.2 Å². The van der Waals surface area contributed by atoms with Crippen LogP contribution in [0.3, 0.4) is 0 Å². The van der Waals surface area contributed by atoms with E-state index in [-0.39, 0.29) is 0 Å². The van der Waals surface area contributed by atoms with E-state index in [2.05, 4.69) is 48.3 Å². The van der Waals surface area contributed by atoms with Crippen LogP contribution in [0.5, 0.6) is 0 Å². The standard InChI is InChI=1S/C14H22N2/c1-3-12(2)15-13-8-4-5-9-14(13)16-10-6-7-11-16/h4-5,8-9,12,15H,3,6-7,10-11H2,1-2H3. The fraction of sp³-hybridized carbons (Fsp3) is 0.571. The van der Waals surface area contributed by atoms with Crippen LogP contribution in [-0.4, -0.2) is 19.1 Å². The molecule has 1 aliphatic rings. The van der Waals surface area contributed by atoms with E-state index in [0.29, 0.717) is 6.04 Å². The summed E-state index contributed by atoms with van der Waals surface area (Å²) in [5.41, 5.74) is 2.67. The first-order valence-electron chi connectivity index (χ1n) is 6.41. The molecule has 2 nitrogen and oxygen atoms in total. The van der Waals surface area contributed by atoms with Gasteiger partial charge in [-0.1, -0.05) is 19.1 Å². The van der Waals surface area contributed by atoms with Crippen LogP contribution in [0.2, 0.25) is 0 Å². The molecule has 1 atom stereocenters. The van der Waals surface area contributed by atoms with Crippen LogP contribution in [0.4, 0.5) is 11.4 Å². The van der Waals surface area contributed by atoms with Gasteiger partial charge in [-0.15, -0.1) is 0 Å². The third-order valence-corrected chi connectivity index (χ3v) is 3.37. The molecule has 16 heavy (non-hydrogen) atoms. The van der Waals surface area contributed by atoms with E-state index < -0.39 is 0 Å². The average molecular weight is 218 g/mol. The van der Waals surface area contributed by atoms with Crippen LogP contribution in [0.1, 0.15) is 33.1 Å². The average Bonchev–Trinajstić information content (AvgIpc) is 2.83. The second-order valence-electron chi connectivity index (χ2n) is 4.66. The first-order chi connectivity index (χ1) is 7.81. The van der Waals surface area contributed by atoms with E-state index in [4.69, 9.17) is 0 Å². The molecule has 0 spiro atoms. The summed E-state index contributed by atoms with van der Waals surface area (Å²) < 4.78 is 0. The van der Waals surface area contributed by atoms with Crippen molar-refractivity contribution in [3.05, 3.63) is 24.3 Å². The number of hydrogen-bond donors (Lipinski definition) is 1. The van der Waals surface area contributed by atoms with E-state index in [1.165, 1.54) is 37.3 Å². The Morgan fingerprint density at radius 3 is 2.62 bits per heavy atom. The lowest BCUT2D eigenvalue weighted by Gasteiger charge is -2.23. The van der Waals surface area contributed by atoms with Crippen LogP contribution in [0, 0.1) is 0 Å². The molecule has 0 amide bonds. The summed E-state index contributed by atoms with van der Waals surface area (Å²) in [6.07, 6.45) is 3.82. The van der Waals surface area contributed by atoms with Gasteiger partial charge in [0.15, 0.2) is 0 Å². The first-order valence-corrected chi connectivity index (χ1v) is 6.41. The van der Waals surface area contributed by atoms with E-state index in [9.17, 15) is 0 Å². The van der Waals surface area contributed by atoms with Crippen LogP contribution >= 0.6 is 0 Å². The summed E-state index contributed by atoms with van der Waals surface area (Å²) in [4.78, 5) is 2.49. The fourth-order valence-electron chi connectivity index (χ4n) is 2.20. The number of hydrogen-bond acceptors (Lipinski definition) is 2. The Hall–Kier alpha value is -1.18. The van der Waals surface area contributed by atoms with Crippen molar-refractivity contribution in [1.29, 1.82) is 0 Å². The Bertz CT molecular complexity index is 329. The summed E-state index contributed by atoms with van der Waals surface area (Å²) in [7, 11) is 0. The summed E-state index contributed by atoms with van der Waals surface area (Å²) >= 11 is 0. The van der Waals surface area contributed by atoms with Crippen LogP contribution < -0.4 is 10.2 Å². The number of para-hydroxylation sites is 2. The van der Waals surface area contributed by atoms with Gasteiger partial charge in [0.05, 0.1) is 11.4 Å². The van der Waals surface area contributed by atoms with Gasteiger partial charge in [0.25, 0.3) is 0 Å². The maximum absolute atomic E-state index is 3.60. The Labute approximate surface area is 98.7 Å². The van der Waals surface area contributed by atoms with Crippen molar-refractivity contribution in [3.63, 3.8) is 0 Å². The molecule has 2 heteroatoms. The van der Waals surface area contributed by atoms with E-state index >= 15 is 0 Å². The predicted octanol–water partition coefficient (Wildman–Crippen LogP) is 3.50. The number of nitrogens with one attached hydrogen (secondary N) is 1. The van der Waals surface area contributed by atoms with Crippen molar-refractivity contribution < 1.29 is 0 Å². The predicted molar refractivity (Wildman–Crippen MR) is 71.3 cm³/mol. The normalized spacial score (nSPS) is 17.5. The molecule has 1 heterocycles. The molecular formula is C14H22N2. The molecule has 0 aliphatic carbocycles. The molecule has 88 valence electrons. The molecule has 0 bridgehead atoms. The Morgan fingerprint density at radius 2 is 1.94 bits per heavy atom. The first kappa shape index (κ1) is 11.3. The Balaban J connectivity index is 2.16. The molecular weight excluding hydrogens is 196 g/mol. The Morgan fingerprint density at radius 1 is 1.25 bits per heavy atom. The highest BCUT2D eigenvalue weighted by Crippen LogP contribution is 2.29. The quantitative estimate of drug-likeness (QED) is 0.832. The SMILES string of the molecule is CCC(C)Nc1ccccc1N1CCCC1. The summed E-state index contributed by atoms with van der Waals surface area (Å²) in [5.74, 6) is 0. The van der Waals surface area contributed by atoms with Crippen molar-refractivity contribution in [2.75, 3.05) is 23.3 Å². The summed E-state index contributed by atoms with van der Waals surface area (Å²) in [5, 5.41) is 3.60. The summed E-state index contributed by atoms with van der Waals surface area (Å²) in [6.45, 7) is 6.87. The lowest BCUT2D eigenvalue weighted by Crippen LogP contribution is -2.21. The molecule has 0 aromatic heterocycles. The van der Waals surface area contributed by atoms with Gasteiger partial charge in [-0.25, -0.2) is 0 Å². The monoisotopic (exact) mass is 218 g/mol. The second-order valence-corrected chi connectivity index (χ2v) is 4.66. The highest BCUT2D eigenvalue weighted by Gasteiger charge is 2.15. The van der Waals surface area contributed by atoms with Gasteiger partial charge in [0.1, 0.15) is 0 Å². The van der Waals surface area contributed by atoms with Crippen molar-refractivity contribution in [3.8, 4) is 0 Å². The molecule has 1 fully saturated rings. The minimum absolute atomic E-state index is 0.545. The lowest BCUT2D eigenvalue weighted by atomic mass is 10.2. The van der Waals surface area contributed by atoms with Crippen molar-refractivity contribution in [2.24, 2.45) is 0 Å². The number of anilines is 2. The molecule has 0 radical (unpaired) electrons. The Kier molecular flexibility index (Phi) is 3.70. The number of benzene rings is 1. The zero-order valence-corrected chi connectivity index (χ0v) is 10.4. The van der Waals surface area contributed by atoms with Crippen LogP contribution in [0.25, 0.3) is 0 Å². The second kappa shape index (κ2) is 5.24. The van der Waals surface area contributed by atoms with E-state index in [0.717, 1.165) is 6.42 Å².